The number of alkyl halides is 3. The first-order chi connectivity index (χ1) is 16.8. The summed E-state index contributed by atoms with van der Waals surface area (Å²) in [4.78, 5) is 6.57. The lowest BCUT2D eigenvalue weighted by molar-refractivity contribution is -0.137. The third-order valence-electron chi connectivity index (χ3n) is 7.70. The lowest BCUT2D eigenvalue weighted by Gasteiger charge is -2.36. The summed E-state index contributed by atoms with van der Waals surface area (Å²) < 4.78 is 41.5. The maximum Gasteiger partial charge on any atom is 0.416 e. The van der Waals surface area contributed by atoms with E-state index in [0.29, 0.717) is 24.7 Å². The number of halogens is 6. The van der Waals surface area contributed by atoms with Crippen molar-refractivity contribution < 1.29 is 13.2 Å². The molecule has 2 fully saturated rings. The van der Waals surface area contributed by atoms with Crippen molar-refractivity contribution in [1.82, 2.24) is 4.90 Å². The highest BCUT2D eigenvalue weighted by molar-refractivity contribution is 7.99. The van der Waals surface area contributed by atoms with Gasteiger partial charge < -0.3 is 20.9 Å². The fraction of sp³-hybridized carbons (Fsp3) is 0.556. The smallest absolute Gasteiger partial charge is 0.382 e. The predicted molar refractivity (Wildman–Crippen MR) is 159 cm³/mol. The van der Waals surface area contributed by atoms with Crippen molar-refractivity contribution >= 4 is 60.4 Å². The molecule has 3 aliphatic rings. The summed E-state index contributed by atoms with van der Waals surface area (Å²) in [5.41, 5.74) is 9.10. The number of piperidine rings is 2. The fourth-order valence-corrected chi connectivity index (χ4v) is 6.85. The Labute approximate surface area is 246 Å². The summed E-state index contributed by atoms with van der Waals surface area (Å²) in [7, 11) is 0. The molecule has 214 valence electrons. The van der Waals surface area contributed by atoms with Crippen LogP contribution in [0.4, 0.5) is 24.5 Å². The number of nitrogens with one attached hydrogen (secondary N) is 1. The molecule has 3 N–H and O–H groups in total. The van der Waals surface area contributed by atoms with Gasteiger partial charge >= 0.3 is 6.18 Å². The van der Waals surface area contributed by atoms with Crippen molar-refractivity contribution in [3.63, 3.8) is 0 Å². The number of hydrogen-bond donors (Lipinski definition) is 2. The summed E-state index contributed by atoms with van der Waals surface area (Å²) in [5, 5.41) is 3.50. The SMILES string of the molecule is CC1CCCCN1c1ccc2c(c1)Sc1cc(C(F)(F)F)cc(NC3CCN(CCN)CC3)c1C2.Cl.Cl.Cl. The van der Waals surface area contributed by atoms with Crippen LogP contribution in [0.1, 0.15) is 55.7 Å². The Balaban J connectivity index is 0.00000169. The summed E-state index contributed by atoms with van der Waals surface area (Å²) in [6, 6.07) is 9.88. The third-order valence-corrected chi connectivity index (χ3v) is 8.89. The molecule has 0 aliphatic carbocycles. The Bertz CT molecular complexity index is 1060. The molecule has 2 aromatic carbocycles. The first-order valence-corrected chi connectivity index (χ1v) is 13.6. The van der Waals surface area contributed by atoms with Gasteiger partial charge in [0.2, 0.25) is 0 Å². The number of anilines is 2. The van der Waals surface area contributed by atoms with E-state index in [0.717, 1.165) is 54.4 Å². The summed E-state index contributed by atoms with van der Waals surface area (Å²) in [6.45, 7) is 6.65. The molecule has 5 rings (SSSR count). The molecule has 1 unspecified atom stereocenters. The van der Waals surface area contributed by atoms with Crippen molar-refractivity contribution in [2.45, 2.75) is 73.5 Å². The Hall–Kier alpha value is -1.03. The standard InChI is InChI=1S/C27H35F3N4S.3ClH/c1-18-4-2-3-10-34(18)22-6-5-19-14-23-24(32-21-7-11-33(12-8-21)13-9-31)15-20(27(28,29)30)16-26(23)35-25(19)17-22;;;/h5-6,15-18,21,32H,2-4,7-14,31H2,1H3;3*1H. The van der Waals surface area contributed by atoms with Crippen molar-refractivity contribution in [2.75, 3.05) is 42.9 Å². The van der Waals surface area contributed by atoms with E-state index in [2.05, 4.69) is 40.2 Å². The number of benzene rings is 2. The van der Waals surface area contributed by atoms with Crippen LogP contribution < -0.4 is 16.0 Å². The number of rotatable bonds is 5. The molecule has 1 atom stereocenters. The van der Waals surface area contributed by atoms with Crippen LogP contribution in [-0.2, 0) is 12.6 Å². The van der Waals surface area contributed by atoms with Gasteiger partial charge in [-0.2, -0.15) is 13.2 Å². The van der Waals surface area contributed by atoms with Gasteiger partial charge in [-0.15, -0.1) is 37.2 Å². The van der Waals surface area contributed by atoms with Crippen LogP contribution in [0.25, 0.3) is 0 Å². The molecule has 3 aliphatic heterocycles. The highest BCUT2D eigenvalue weighted by atomic mass is 35.5. The second-order valence-electron chi connectivity index (χ2n) is 10.2. The zero-order valence-electron chi connectivity index (χ0n) is 21.6. The Kier molecular flexibility index (Phi) is 12.3. The molecule has 0 radical (unpaired) electrons. The monoisotopic (exact) mass is 612 g/mol. The van der Waals surface area contributed by atoms with Crippen molar-refractivity contribution in [2.24, 2.45) is 5.73 Å². The maximum absolute atomic E-state index is 13.8. The number of likely N-dealkylation sites (tertiary alicyclic amines) is 1. The van der Waals surface area contributed by atoms with E-state index >= 15 is 0 Å². The van der Waals surface area contributed by atoms with Gasteiger partial charge in [0.15, 0.2) is 0 Å². The van der Waals surface area contributed by atoms with E-state index in [1.54, 1.807) is 0 Å². The molecule has 0 spiro atoms. The predicted octanol–water partition coefficient (Wildman–Crippen LogP) is 7.24. The van der Waals surface area contributed by atoms with Crippen molar-refractivity contribution in [3.05, 3.63) is 47.0 Å². The molecule has 0 saturated carbocycles. The molecule has 38 heavy (non-hydrogen) atoms. The van der Waals surface area contributed by atoms with E-state index < -0.39 is 11.7 Å². The Morgan fingerprint density at radius 3 is 2.37 bits per heavy atom. The Morgan fingerprint density at radius 1 is 0.974 bits per heavy atom. The van der Waals surface area contributed by atoms with Gasteiger partial charge in [0.25, 0.3) is 0 Å². The van der Waals surface area contributed by atoms with Gasteiger partial charge in [-0.05, 0) is 74.4 Å². The average molecular weight is 614 g/mol. The lowest BCUT2D eigenvalue weighted by atomic mass is 9.97. The van der Waals surface area contributed by atoms with Crippen LogP contribution in [-0.4, -0.2) is 49.7 Å². The molecule has 0 bridgehead atoms. The van der Waals surface area contributed by atoms with E-state index in [1.165, 1.54) is 54.4 Å². The molecule has 3 heterocycles. The van der Waals surface area contributed by atoms with Crippen LogP contribution in [0.15, 0.2) is 40.1 Å². The quantitative estimate of drug-likeness (QED) is 0.318. The average Bonchev–Trinajstić information content (AvgIpc) is 2.83. The minimum Gasteiger partial charge on any atom is -0.382 e. The van der Waals surface area contributed by atoms with Crippen LogP contribution in [0.5, 0.6) is 0 Å². The summed E-state index contributed by atoms with van der Waals surface area (Å²) in [5.74, 6) is 0. The van der Waals surface area contributed by atoms with Crippen LogP contribution in [0.3, 0.4) is 0 Å². The molecule has 0 aromatic heterocycles. The van der Waals surface area contributed by atoms with Crippen LogP contribution in [0.2, 0.25) is 0 Å². The lowest BCUT2D eigenvalue weighted by Crippen LogP contribution is -2.41. The molecular weight excluding hydrogens is 576 g/mol. The van der Waals surface area contributed by atoms with E-state index in [4.69, 9.17) is 5.73 Å². The third kappa shape index (κ3) is 7.38. The highest BCUT2D eigenvalue weighted by Gasteiger charge is 2.34. The van der Waals surface area contributed by atoms with E-state index in [9.17, 15) is 13.2 Å². The van der Waals surface area contributed by atoms with Crippen LogP contribution >= 0.6 is 49.0 Å². The topological polar surface area (TPSA) is 44.5 Å². The number of hydrogen-bond acceptors (Lipinski definition) is 5. The number of fused-ring (bicyclic) bond motifs is 2. The minimum absolute atomic E-state index is 0. The molecule has 11 heteroatoms. The second-order valence-corrected chi connectivity index (χ2v) is 11.2. The molecule has 4 nitrogen and oxygen atoms in total. The van der Waals surface area contributed by atoms with Gasteiger partial charge in [0.1, 0.15) is 0 Å². The zero-order chi connectivity index (χ0) is 24.6. The number of nitrogens with two attached hydrogens (primary N) is 1. The van der Waals surface area contributed by atoms with Crippen LogP contribution in [0, 0.1) is 0 Å². The van der Waals surface area contributed by atoms with E-state index in [1.807, 2.05) is 0 Å². The van der Waals surface area contributed by atoms with Gasteiger partial charge in [-0.25, -0.2) is 0 Å². The Morgan fingerprint density at radius 2 is 1.71 bits per heavy atom. The first-order valence-electron chi connectivity index (χ1n) is 12.8. The highest BCUT2D eigenvalue weighted by Crippen LogP contribution is 2.47. The van der Waals surface area contributed by atoms with Crippen molar-refractivity contribution in [1.29, 1.82) is 0 Å². The fourth-order valence-electron chi connectivity index (χ4n) is 5.67. The van der Waals surface area contributed by atoms with E-state index in [-0.39, 0.29) is 43.3 Å². The maximum atomic E-state index is 13.8. The first kappa shape index (κ1) is 33.2. The minimum atomic E-state index is -4.37. The molecular formula is C27H38Cl3F3N4S. The zero-order valence-corrected chi connectivity index (χ0v) is 24.8. The number of nitrogens with zero attached hydrogens (tertiary/aromatic N) is 2. The van der Waals surface area contributed by atoms with Crippen molar-refractivity contribution in [3.8, 4) is 0 Å². The normalized spacial score (nSPS) is 19.8. The summed E-state index contributed by atoms with van der Waals surface area (Å²) >= 11 is 1.49. The molecule has 2 aromatic rings. The molecule has 2 saturated heterocycles. The summed E-state index contributed by atoms with van der Waals surface area (Å²) in [6.07, 6.45) is 1.72. The van der Waals surface area contributed by atoms with Gasteiger partial charge in [-0.1, -0.05) is 17.8 Å². The van der Waals surface area contributed by atoms with Gasteiger partial charge in [-0.3, -0.25) is 0 Å². The van der Waals surface area contributed by atoms with Gasteiger partial charge in [0.05, 0.1) is 5.56 Å². The van der Waals surface area contributed by atoms with Gasteiger partial charge in [0, 0.05) is 72.4 Å². The largest absolute Gasteiger partial charge is 0.416 e. The second kappa shape index (κ2) is 14.0. The molecule has 0 amide bonds.